The van der Waals surface area contributed by atoms with Gasteiger partial charge in [-0.05, 0) is 56.2 Å². The van der Waals surface area contributed by atoms with Gasteiger partial charge in [-0.15, -0.1) is 11.3 Å². The van der Waals surface area contributed by atoms with Crippen molar-refractivity contribution in [1.29, 1.82) is 0 Å². The van der Waals surface area contributed by atoms with Crippen LogP contribution in [0.15, 0.2) is 99.8 Å². The van der Waals surface area contributed by atoms with Gasteiger partial charge in [0.1, 0.15) is 28.5 Å². The topological polar surface area (TPSA) is 134 Å². The Morgan fingerprint density at radius 3 is 2.47 bits per heavy atom. The molecule has 0 saturated carbocycles. The summed E-state index contributed by atoms with van der Waals surface area (Å²) >= 11 is 1.19. The maximum absolute atomic E-state index is 14.1. The average molecular weight is 598 g/mol. The standard InChI is InChI=1S/C31H27N5O6S/c1-19-24-27(37)36(31(2,3)29(38)39)30(40)35(28(24)43-25(19)26-33-14-16-41-26)17-23(20-7-5-4-6-8-20)42-22-11-9-21(10-12-22)34-15-13-32-18-34/h4-16,18,23H,17H2,1-3H3,(H,38,39)/t23-/m0/s1. The van der Waals surface area contributed by atoms with Crippen molar-refractivity contribution in [1.82, 2.24) is 23.7 Å². The van der Waals surface area contributed by atoms with Gasteiger partial charge in [0.25, 0.3) is 5.56 Å². The molecule has 0 unspecified atom stereocenters. The molecule has 1 N–H and O–H groups in total. The quantitative estimate of drug-likeness (QED) is 0.246. The molecule has 1 atom stereocenters. The van der Waals surface area contributed by atoms with Crippen molar-refractivity contribution in [3.8, 4) is 22.2 Å². The number of benzene rings is 2. The highest BCUT2D eigenvalue weighted by atomic mass is 32.1. The van der Waals surface area contributed by atoms with Gasteiger partial charge in [0, 0.05) is 18.1 Å². The summed E-state index contributed by atoms with van der Waals surface area (Å²) in [4.78, 5) is 49.5. The predicted molar refractivity (Wildman–Crippen MR) is 161 cm³/mol. The molecule has 0 aliphatic carbocycles. The number of hydrogen-bond donors (Lipinski definition) is 1. The molecule has 2 aromatic carbocycles. The Balaban J connectivity index is 1.52. The minimum absolute atomic E-state index is 0.0103. The lowest BCUT2D eigenvalue weighted by Crippen LogP contribution is -2.52. The Morgan fingerprint density at radius 2 is 1.84 bits per heavy atom. The van der Waals surface area contributed by atoms with Crippen molar-refractivity contribution in [3.63, 3.8) is 0 Å². The number of nitrogens with zero attached hydrogens (tertiary/aromatic N) is 5. The summed E-state index contributed by atoms with van der Waals surface area (Å²) in [6.45, 7) is 4.39. The third kappa shape index (κ3) is 4.95. The minimum atomic E-state index is -1.83. The maximum Gasteiger partial charge on any atom is 0.333 e. The number of fused-ring (bicyclic) bond motifs is 1. The second-order valence-corrected chi connectivity index (χ2v) is 11.5. The third-order valence-electron chi connectivity index (χ3n) is 7.36. The smallest absolute Gasteiger partial charge is 0.333 e. The van der Waals surface area contributed by atoms with E-state index in [4.69, 9.17) is 9.15 Å². The van der Waals surface area contributed by atoms with Crippen molar-refractivity contribution in [2.24, 2.45) is 0 Å². The van der Waals surface area contributed by atoms with Crippen molar-refractivity contribution < 1.29 is 19.1 Å². The summed E-state index contributed by atoms with van der Waals surface area (Å²) in [5.41, 5.74) is -1.04. The summed E-state index contributed by atoms with van der Waals surface area (Å²) in [5.74, 6) is -0.453. The molecule has 0 aliphatic heterocycles. The predicted octanol–water partition coefficient (Wildman–Crippen LogP) is 5.01. The van der Waals surface area contributed by atoms with E-state index in [-0.39, 0.29) is 11.9 Å². The molecule has 218 valence electrons. The molecular formula is C31H27N5O6S. The zero-order valence-corrected chi connectivity index (χ0v) is 24.3. The largest absolute Gasteiger partial charge is 0.484 e. The molecule has 0 aliphatic rings. The maximum atomic E-state index is 14.1. The fourth-order valence-corrected chi connectivity index (χ4v) is 6.19. The molecule has 12 heteroatoms. The Bertz CT molecular complexity index is 2020. The first-order valence-corrected chi connectivity index (χ1v) is 14.2. The first-order chi connectivity index (χ1) is 20.7. The fraction of sp³-hybridized carbons (Fsp3) is 0.194. The van der Waals surface area contributed by atoms with E-state index in [1.54, 1.807) is 19.4 Å². The summed E-state index contributed by atoms with van der Waals surface area (Å²) in [6.07, 6.45) is 7.48. The Kier molecular flexibility index (Phi) is 7.06. The molecule has 0 fully saturated rings. The molecule has 4 heterocycles. The second kappa shape index (κ2) is 10.9. The SMILES string of the molecule is Cc1c(-c2ncco2)sc2c1c(=O)n(C(C)(C)C(=O)O)c(=O)n2C[C@H](Oc1ccc(-n2ccnc2)cc1)c1ccccc1. The first kappa shape index (κ1) is 27.9. The summed E-state index contributed by atoms with van der Waals surface area (Å²) in [6, 6.07) is 16.8. The van der Waals surface area contributed by atoms with E-state index in [0.29, 0.717) is 26.9 Å². The number of aliphatic carboxylic acids is 1. The zero-order valence-electron chi connectivity index (χ0n) is 23.5. The number of thiophene rings is 1. The van der Waals surface area contributed by atoms with Gasteiger partial charge in [0.05, 0.1) is 29.3 Å². The van der Waals surface area contributed by atoms with Gasteiger partial charge >= 0.3 is 11.7 Å². The molecule has 0 bridgehead atoms. The van der Waals surface area contributed by atoms with Gasteiger partial charge in [0.15, 0.2) is 0 Å². The number of carboxylic acid groups (broad SMARTS) is 1. The number of hydrogen-bond acceptors (Lipinski definition) is 8. The Labute approximate surface area is 248 Å². The molecule has 4 aromatic heterocycles. The molecule has 0 spiro atoms. The van der Waals surface area contributed by atoms with Crippen LogP contribution < -0.4 is 16.0 Å². The highest BCUT2D eigenvalue weighted by molar-refractivity contribution is 7.22. The molecule has 43 heavy (non-hydrogen) atoms. The minimum Gasteiger partial charge on any atom is -0.484 e. The van der Waals surface area contributed by atoms with E-state index >= 15 is 0 Å². The Morgan fingerprint density at radius 1 is 1.09 bits per heavy atom. The van der Waals surface area contributed by atoms with Crippen molar-refractivity contribution in [3.05, 3.63) is 118 Å². The highest BCUT2D eigenvalue weighted by Gasteiger charge is 2.36. The molecular weight excluding hydrogens is 570 g/mol. The number of imidazole rings is 1. The van der Waals surface area contributed by atoms with Gasteiger partial charge in [-0.2, -0.15) is 0 Å². The number of ether oxygens (including phenoxy) is 1. The molecule has 6 aromatic rings. The van der Waals surface area contributed by atoms with E-state index in [1.165, 1.54) is 42.2 Å². The van der Waals surface area contributed by atoms with Crippen LogP contribution in [0.25, 0.3) is 26.7 Å². The van der Waals surface area contributed by atoms with E-state index in [0.717, 1.165) is 15.8 Å². The molecule has 0 amide bonds. The van der Waals surface area contributed by atoms with E-state index in [2.05, 4.69) is 9.97 Å². The first-order valence-electron chi connectivity index (χ1n) is 13.4. The monoisotopic (exact) mass is 597 g/mol. The summed E-state index contributed by atoms with van der Waals surface area (Å²) in [5, 5.41) is 10.2. The highest BCUT2D eigenvalue weighted by Crippen LogP contribution is 2.36. The Hall–Kier alpha value is -5.23. The van der Waals surface area contributed by atoms with E-state index in [9.17, 15) is 19.5 Å². The van der Waals surface area contributed by atoms with Crippen molar-refractivity contribution in [2.45, 2.75) is 39.0 Å². The lowest BCUT2D eigenvalue weighted by Gasteiger charge is -2.25. The van der Waals surface area contributed by atoms with Crippen LogP contribution in [0.5, 0.6) is 5.75 Å². The van der Waals surface area contributed by atoms with Crippen LogP contribution in [0.1, 0.15) is 31.1 Å². The van der Waals surface area contributed by atoms with Crippen LogP contribution in [0.3, 0.4) is 0 Å². The van der Waals surface area contributed by atoms with E-state index < -0.39 is 28.9 Å². The number of rotatable bonds is 9. The summed E-state index contributed by atoms with van der Waals surface area (Å²) in [7, 11) is 0. The molecule has 0 saturated heterocycles. The second-order valence-electron chi connectivity index (χ2n) is 10.5. The van der Waals surface area contributed by atoms with Crippen LogP contribution >= 0.6 is 11.3 Å². The molecule has 0 radical (unpaired) electrons. The lowest BCUT2D eigenvalue weighted by molar-refractivity contribution is -0.146. The van der Waals surface area contributed by atoms with Gasteiger partial charge < -0.3 is 18.8 Å². The van der Waals surface area contributed by atoms with Gasteiger partial charge in [-0.25, -0.2) is 24.1 Å². The number of aryl methyl sites for hydroxylation is 1. The molecule has 11 nitrogen and oxygen atoms in total. The molecule has 6 rings (SSSR count). The number of aromatic nitrogens is 5. The number of carboxylic acids is 1. The summed E-state index contributed by atoms with van der Waals surface area (Å²) < 4.78 is 16.1. The average Bonchev–Trinajstić information content (AvgIpc) is 3.78. The third-order valence-corrected chi connectivity index (χ3v) is 8.66. The van der Waals surface area contributed by atoms with Gasteiger partial charge in [-0.1, -0.05) is 30.3 Å². The van der Waals surface area contributed by atoms with Gasteiger partial charge in [-0.3, -0.25) is 9.36 Å². The normalized spacial score (nSPS) is 12.4. The van der Waals surface area contributed by atoms with Crippen LogP contribution in [-0.2, 0) is 16.9 Å². The van der Waals surface area contributed by atoms with Crippen molar-refractivity contribution >= 4 is 27.5 Å². The fourth-order valence-electron chi connectivity index (χ4n) is 4.95. The zero-order chi connectivity index (χ0) is 30.3. The number of oxazole rings is 1. The van der Waals surface area contributed by atoms with Crippen LogP contribution in [0.2, 0.25) is 0 Å². The van der Waals surface area contributed by atoms with Crippen LogP contribution in [0, 0.1) is 6.92 Å². The van der Waals surface area contributed by atoms with Crippen molar-refractivity contribution in [2.75, 3.05) is 0 Å². The lowest BCUT2D eigenvalue weighted by atomic mass is 10.1. The van der Waals surface area contributed by atoms with Crippen LogP contribution in [-0.4, -0.2) is 34.7 Å². The number of carbonyl (C=O) groups is 1. The van der Waals surface area contributed by atoms with E-state index in [1.807, 2.05) is 65.4 Å². The van der Waals surface area contributed by atoms with Crippen LogP contribution in [0.4, 0.5) is 0 Å². The van der Waals surface area contributed by atoms with Gasteiger partial charge in [0.2, 0.25) is 5.89 Å².